The van der Waals surface area contributed by atoms with Crippen LogP contribution in [0.3, 0.4) is 0 Å². The Labute approximate surface area is 665 Å². The van der Waals surface area contributed by atoms with Crippen LogP contribution in [0.2, 0.25) is 0 Å². The van der Waals surface area contributed by atoms with Crippen LogP contribution in [0.25, 0.3) is 0 Å². The molecule has 0 saturated heterocycles. The molecule has 0 rings (SSSR count). The lowest BCUT2D eigenvalue weighted by atomic mass is 9.61. The summed E-state index contributed by atoms with van der Waals surface area (Å²) in [5, 5.41) is 0. The Kier molecular flexibility index (Phi) is 63.7. The lowest BCUT2D eigenvalue weighted by molar-refractivity contribution is 0.0465. The third-order valence-electron chi connectivity index (χ3n) is 34.4. The van der Waals surface area contributed by atoms with E-state index < -0.39 is 0 Å². The largest absolute Gasteiger partial charge is 0.0654 e. The summed E-state index contributed by atoms with van der Waals surface area (Å²) in [6, 6.07) is 0. The predicted octanol–water partition coefficient (Wildman–Crippen LogP) is 36.6. The molecule has 0 aliphatic carbocycles. The molecule has 0 heterocycles. The van der Waals surface area contributed by atoms with Gasteiger partial charge in [0.15, 0.2) is 0 Å². The fraction of sp³-hybridized carbons (Fsp3) is 1.00. The molecule has 0 bridgehead atoms. The fourth-order valence-electron chi connectivity index (χ4n) is 20.6. The van der Waals surface area contributed by atoms with Crippen LogP contribution in [-0.2, 0) is 0 Å². The van der Waals surface area contributed by atoms with Gasteiger partial charge in [0.1, 0.15) is 0 Å². The molecule has 104 heavy (non-hydrogen) atoms. The summed E-state index contributed by atoms with van der Waals surface area (Å²) in [5.74, 6) is 23.2. The molecule has 628 valence electrons. The van der Waals surface area contributed by atoms with Crippen molar-refractivity contribution in [3.8, 4) is 0 Å². The summed E-state index contributed by atoms with van der Waals surface area (Å²) >= 11 is 0. The third-order valence-corrected chi connectivity index (χ3v) is 34.4. The van der Waals surface area contributed by atoms with E-state index >= 15 is 0 Å². The Hall–Kier alpha value is 0. The van der Waals surface area contributed by atoms with E-state index in [0.29, 0.717) is 0 Å². The summed E-state index contributed by atoms with van der Waals surface area (Å²) in [7, 11) is 0. The predicted molar refractivity (Wildman–Crippen MR) is 482 cm³/mol. The van der Waals surface area contributed by atoms with Crippen LogP contribution in [-0.4, -0.2) is 0 Å². The van der Waals surface area contributed by atoms with E-state index in [1.54, 1.807) is 0 Å². The zero-order valence-electron chi connectivity index (χ0n) is 79.8. The van der Waals surface area contributed by atoms with Gasteiger partial charge in [0, 0.05) is 0 Å². The van der Waals surface area contributed by atoms with Crippen LogP contribution < -0.4 is 0 Å². The van der Waals surface area contributed by atoms with Gasteiger partial charge in [-0.15, -0.1) is 0 Å². The molecule has 0 saturated carbocycles. The van der Waals surface area contributed by atoms with Crippen molar-refractivity contribution < 1.29 is 0 Å². The van der Waals surface area contributed by atoms with Crippen molar-refractivity contribution >= 4 is 0 Å². The highest BCUT2D eigenvalue weighted by Gasteiger charge is 2.40. The van der Waals surface area contributed by atoms with Crippen molar-refractivity contribution in [3.63, 3.8) is 0 Å². The number of hydrogen-bond donors (Lipinski definition) is 0. The molecular weight excluding hydrogens is 1250 g/mol. The minimum absolute atomic E-state index is 0.719. The van der Waals surface area contributed by atoms with Crippen LogP contribution in [0.4, 0.5) is 0 Å². The van der Waals surface area contributed by atoms with Crippen molar-refractivity contribution in [2.24, 2.45) is 183 Å². The average molecular weight is 1460 g/mol. The van der Waals surface area contributed by atoms with Gasteiger partial charge in [-0.3, -0.25) is 0 Å². The van der Waals surface area contributed by atoms with E-state index in [1.165, 1.54) is 244 Å². The van der Waals surface area contributed by atoms with E-state index in [1.807, 2.05) is 0 Å². The Balaban J connectivity index is 0. The summed E-state index contributed by atoms with van der Waals surface area (Å²) < 4.78 is 0. The SMILES string of the molecule is CC(C)C(C)C(C)C(C)C(C)C(C)C(C)C(C)C(C)C(C)C(C)CC(C)C(C)C(C)C(C)C(C)C(C)C(C)C(C)C(C)C(C)C(C)C(C)C(C)C(C)C(C)C(C)C(C)C(C)C(C)C.CCCCCCCCCCCCCCCCCCCCC(C)CCCCCCCCCCCCCCCCCCC. The summed E-state index contributed by atoms with van der Waals surface area (Å²) in [6.45, 7) is 89.0. The standard InChI is InChI=1S/C63H128.C41H84/c1-34(2)38(7)42(11)46(15)50(19)54(23)52(21)48(17)44(13)40(9)36(5)33-37(6)41(10)45(14)49(18)53(22)56(25)58(27)60(29)62(31)63(32)61(30)59(28)57(26)55(24)51(20)47(16)43(12)39(8)35(3)4;1-4-6-8-10-12-14-16-18-20-22-24-26-28-30-32-34-36-38-40-41(3)39-37-35-33-31-29-27-25-23-21-19-17-15-13-11-9-7-5-2/h34-63H,33H2,1-32H3;41H,4-40H2,1-3H3. The lowest BCUT2D eigenvalue weighted by Crippen LogP contribution is -2.38. The molecule has 29 atom stereocenters. The van der Waals surface area contributed by atoms with Crippen LogP contribution in [0.1, 0.15) is 486 Å². The second-order valence-electron chi connectivity index (χ2n) is 41.4. The van der Waals surface area contributed by atoms with Gasteiger partial charge in [-0.2, -0.15) is 0 Å². The summed E-state index contributed by atoms with van der Waals surface area (Å²) in [6.07, 6.45) is 56.1. The van der Waals surface area contributed by atoms with E-state index in [2.05, 4.69) is 242 Å². The highest BCUT2D eigenvalue weighted by Crippen LogP contribution is 2.47. The van der Waals surface area contributed by atoms with E-state index in [9.17, 15) is 0 Å². The maximum Gasteiger partial charge on any atom is -0.0386 e. The third kappa shape index (κ3) is 43.3. The van der Waals surface area contributed by atoms with Crippen LogP contribution >= 0.6 is 0 Å². The highest BCUT2D eigenvalue weighted by atomic mass is 14.5. The zero-order valence-corrected chi connectivity index (χ0v) is 79.8. The Morgan fingerprint density at radius 1 is 0.125 bits per heavy atom. The fourth-order valence-corrected chi connectivity index (χ4v) is 20.6. The Morgan fingerprint density at radius 3 is 0.375 bits per heavy atom. The van der Waals surface area contributed by atoms with Crippen LogP contribution in [0.5, 0.6) is 0 Å². The van der Waals surface area contributed by atoms with Gasteiger partial charge in [0.25, 0.3) is 0 Å². The zero-order chi connectivity index (χ0) is 79.8. The van der Waals surface area contributed by atoms with Crippen LogP contribution in [0.15, 0.2) is 0 Å². The van der Waals surface area contributed by atoms with E-state index in [4.69, 9.17) is 0 Å². The van der Waals surface area contributed by atoms with Gasteiger partial charge in [-0.05, 0) is 190 Å². The highest BCUT2D eigenvalue weighted by molar-refractivity contribution is 4.89. The second-order valence-corrected chi connectivity index (χ2v) is 41.4. The number of hydrogen-bond acceptors (Lipinski definition) is 0. The normalized spacial score (nSPS) is 21.0. The smallest absolute Gasteiger partial charge is 0.0386 e. The number of rotatable bonds is 67. The van der Waals surface area contributed by atoms with Gasteiger partial charge in [-0.1, -0.05) is 480 Å². The molecule has 0 radical (unpaired) electrons. The minimum atomic E-state index is 0.719. The van der Waals surface area contributed by atoms with Gasteiger partial charge >= 0.3 is 0 Å². The van der Waals surface area contributed by atoms with E-state index in [0.717, 1.165) is 183 Å². The summed E-state index contributed by atoms with van der Waals surface area (Å²) in [4.78, 5) is 0. The summed E-state index contributed by atoms with van der Waals surface area (Å²) in [5.41, 5.74) is 0. The molecule has 0 aromatic rings. The average Bonchev–Trinajstić information content (AvgIpc) is 0.829. The van der Waals surface area contributed by atoms with Crippen LogP contribution in [0, 0.1) is 183 Å². The molecule has 0 amide bonds. The number of unbranched alkanes of at least 4 members (excludes halogenated alkanes) is 33. The molecule has 0 nitrogen and oxygen atoms in total. The quantitative estimate of drug-likeness (QED) is 0.0533. The Bertz CT molecular complexity index is 1840. The molecule has 0 aliphatic heterocycles. The first-order chi connectivity index (χ1) is 48.9. The molecule has 0 fully saturated rings. The monoisotopic (exact) mass is 1460 g/mol. The van der Waals surface area contributed by atoms with Crippen molar-refractivity contribution in [2.45, 2.75) is 486 Å². The molecule has 0 aromatic carbocycles. The molecule has 29 unspecified atom stereocenters. The Morgan fingerprint density at radius 2 is 0.240 bits per heavy atom. The van der Waals surface area contributed by atoms with E-state index in [-0.39, 0.29) is 0 Å². The topological polar surface area (TPSA) is 0 Å². The lowest BCUT2D eigenvalue weighted by Gasteiger charge is -2.44. The van der Waals surface area contributed by atoms with Gasteiger partial charge < -0.3 is 0 Å². The molecule has 0 aliphatic rings. The molecule has 0 spiro atoms. The van der Waals surface area contributed by atoms with Gasteiger partial charge in [-0.25, -0.2) is 0 Å². The van der Waals surface area contributed by atoms with Gasteiger partial charge in [0.2, 0.25) is 0 Å². The second kappa shape index (κ2) is 62.4. The maximum atomic E-state index is 2.61. The van der Waals surface area contributed by atoms with Crippen molar-refractivity contribution in [1.82, 2.24) is 0 Å². The maximum absolute atomic E-state index is 2.61. The van der Waals surface area contributed by atoms with Crippen molar-refractivity contribution in [1.29, 1.82) is 0 Å². The van der Waals surface area contributed by atoms with Crippen molar-refractivity contribution in [2.75, 3.05) is 0 Å². The minimum Gasteiger partial charge on any atom is -0.0654 e. The first-order valence-corrected chi connectivity index (χ1v) is 48.9. The van der Waals surface area contributed by atoms with Gasteiger partial charge in [0.05, 0.1) is 0 Å². The first kappa shape index (κ1) is 106. The molecular formula is C104H212. The van der Waals surface area contributed by atoms with Crippen molar-refractivity contribution in [3.05, 3.63) is 0 Å². The molecule has 0 aromatic heterocycles. The first-order valence-electron chi connectivity index (χ1n) is 48.9. The molecule has 0 heteroatoms. The molecule has 0 N–H and O–H groups in total.